The monoisotopic (exact) mass is 297 g/mol. The zero-order valence-corrected chi connectivity index (χ0v) is 11.3. The van der Waals surface area contributed by atoms with E-state index in [4.69, 9.17) is 0 Å². The molecular weight excluding hydrogens is 286 g/mol. The van der Waals surface area contributed by atoms with Crippen LogP contribution < -0.4 is 10.6 Å². The maximum Gasteiger partial charge on any atom is 0.322 e. The lowest BCUT2D eigenvalue weighted by Gasteiger charge is -2.26. The average Bonchev–Trinajstić information content (AvgIpc) is 2.83. The third-order valence-corrected chi connectivity index (χ3v) is 3.58. The Hall–Kier alpha value is -3.22. The Morgan fingerprint density at radius 1 is 0.955 bits per heavy atom. The van der Waals surface area contributed by atoms with Crippen LogP contribution in [-0.4, -0.2) is 16.9 Å². The predicted octanol–water partition coefficient (Wildman–Crippen LogP) is 1.68. The number of nitrogens with zero attached hydrogens (tertiary/aromatic N) is 1. The Morgan fingerprint density at radius 2 is 1.59 bits per heavy atom. The smallest absolute Gasteiger partial charge is 0.315 e. The van der Waals surface area contributed by atoms with Crippen molar-refractivity contribution in [3.05, 3.63) is 75.8 Å². The first kappa shape index (κ1) is 13.7. The van der Waals surface area contributed by atoms with Gasteiger partial charge >= 0.3 is 6.03 Å². The maximum absolute atomic E-state index is 12.5. The van der Waals surface area contributed by atoms with Gasteiger partial charge in [-0.2, -0.15) is 0 Å². The van der Waals surface area contributed by atoms with Crippen LogP contribution in [0.5, 0.6) is 0 Å². The van der Waals surface area contributed by atoms with Crippen LogP contribution in [0.3, 0.4) is 0 Å². The fourth-order valence-electron chi connectivity index (χ4n) is 2.64. The summed E-state index contributed by atoms with van der Waals surface area (Å²) in [7, 11) is 0. The number of rotatable bonds is 3. The van der Waals surface area contributed by atoms with Crippen LogP contribution in [0.1, 0.15) is 11.1 Å². The molecule has 0 spiro atoms. The lowest BCUT2D eigenvalue weighted by molar-refractivity contribution is -0.385. The van der Waals surface area contributed by atoms with Gasteiger partial charge in [-0.3, -0.25) is 20.2 Å². The van der Waals surface area contributed by atoms with Gasteiger partial charge in [0.05, 0.1) is 10.5 Å². The summed E-state index contributed by atoms with van der Waals surface area (Å²) in [6.07, 6.45) is 0. The van der Waals surface area contributed by atoms with Crippen LogP contribution in [0.2, 0.25) is 0 Å². The number of nitro benzene ring substituents is 1. The molecule has 2 aromatic carbocycles. The number of carbonyl (C=O) groups is 2. The third kappa shape index (κ3) is 1.91. The highest BCUT2D eigenvalue weighted by Crippen LogP contribution is 2.37. The Morgan fingerprint density at radius 3 is 2.18 bits per heavy atom. The van der Waals surface area contributed by atoms with E-state index in [-0.39, 0.29) is 11.3 Å². The molecule has 1 unspecified atom stereocenters. The van der Waals surface area contributed by atoms with Crippen LogP contribution >= 0.6 is 0 Å². The van der Waals surface area contributed by atoms with Gasteiger partial charge in [-0.15, -0.1) is 0 Å². The Balaban J connectivity index is 2.32. The van der Waals surface area contributed by atoms with Crippen LogP contribution in [0.25, 0.3) is 0 Å². The van der Waals surface area contributed by atoms with Crippen molar-refractivity contribution in [2.45, 2.75) is 5.54 Å². The molecule has 3 amide bonds. The summed E-state index contributed by atoms with van der Waals surface area (Å²) in [6.45, 7) is 0. The topological polar surface area (TPSA) is 101 Å². The van der Waals surface area contributed by atoms with E-state index in [1.54, 1.807) is 36.4 Å². The van der Waals surface area contributed by atoms with Gasteiger partial charge in [0.15, 0.2) is 5.54 Å². The molecule has 1 heterocycles. The molecule has 1 atom stereocenters. The lowest BCUT2D eigenvalue weighted by Crippen LogP contribution is -2.45. The van der Waals surface area contributed by atoms with Crippen LogP contribution in [0.4, 0.5) is 10.5 Å². The highest BCUT2D eigenvalue weighted by atomic mass is 16.6. The third-order valence-electron chi connectivity index (χ3n) is 3.58. The Kier molecular flexibility index (Phi) is 3.10. The number of hydrogen-bond donors (Lipinski definition) is 2. The summed E-state index contributed by atoms with van der Waals surface area (Å²) in [4.78, 5) is 34.9. The molecule has 1 aliphatic rings. The number of nitrogens with one attached hydrogen (secondary N) is 2. The van der Waals surface area contributed by atoms with Gasteiger partial charge in [0.2, 0.25) is 0 Å². The highest BCUT2D eigenvalue weighted by Gasteiger charge is 2.52. The van der Waals surface area contributed by atoms with Gasteiger partial charge in [-0.1, -0.05) is 42.5 Å². The molecule has 1 saturated heterocycles. The number of urea groups is 1. The summed E-state index contributed by atoms with van der Waals surface area (Å²) < 4.78 is 0. The molecule has 1 fully saturated rings. The molecule has 0 bridgehead atoms. The van der Waals surface area contributed by atoms with Crippen molar-refractivity contribution in [1.82, 2.24) is 10.6 Å². The van der Waals surface area contributed by atoms with Gasteiger partial charge < -0.3 is 5.32 Å². The normalized spacial score (nSPS) is 20.4. The standard InChI is InChI=1S/C15H11N3O4/c19-13-15(17-14(20)16-13,10-6-2-1-3-7-10)11-8-4-5-9-12(11)18(21)22/h1-9H,(H2,16,17,19,20). The van der Waals surface area contributed by atoms with Gasteiger partial charge in [-0.05, 0) is 11.6 Å². The predicted molar refractivity (Wildman–Crippen MR) is 77.0 cm³/mol. The van der Waals surface area contributed by atoms with E-state index >= 15 is 0 Å². The van der Waals surface area contributed by atoms with E-state index in [2.05, 4.69) is 10.6 Å². The van der Waals surface area contributed by atoms with Crippen molar-refractivity contribution in [3.63, 3.8) is 0 Å². The van der Waals surface area contributed by atoms with Crippen LogP contribution in [-0.2, 0) is 10.3 Å². The molecule has 7 nitrogen and oxygen atoms in total. The lowest BCUT2D eigenvalue weighted by atomic mass is 9.82. The summed E-state index contributed by atoms with van der Waals surface area (Å²) in [5.41, 5.74) is -1.27. The van der Waals surface area contributed by atoms with Crippen molar-refractivity contribution >= 4 is 17.6 Å². The van der Waals surface area contributed by atoms with Crippen molar-refractivity contribution in [2.75, 3.05) is 0 Å². The van der Waals surface area contributed by atoms with E-state index in [0.717, 1.165) is 0 Å². The molecule has 2 aromatic rings. The number of para-hydroxylation sites is 1. The maximum atomic E-state index is 12.5. The fourth-order valence-corrected chi connectivity index (χ4v) is 2.64. The molecule has 3 rings (SSSR count). The minimum atomic E-state index is -1.61. The van der Waals surface area contributed by atoms with Gasteiger partial charge in [0.1, 0.15) is 0 Å². The highest BCUT2D eigenvalue weighted by molar-refractivity contribution is 6.10. The second-order valence-electron chi connectivity index (χ2n) is 4.80. The first-order chi connectivity index (χ1) is 10.6. The molecule has 0 aromatic heterocycles. The summed E-state index contributed by atoms with van der Waals surface area (Å²) in [5.74, 6) is -0.641. The summed E-state index contributed by atoms with van der Waals surface area (Å²) >= 11 is 0. The largest absolute Gasteiger partial charge is 0.322 e. The van der Waals surface area contributed by atoms with E-state index < -0.39 is 22.4 Å². The zero-order valence-electron chi connectivity index (χ0n) is 11.3. The van der Waals surface area contributed by atoms with Gasteiger partial charge in [0.25, 0.3) is 11.6 Å². The molecule has 2 N–H and O–H groups in total. The molecule has 110 valence electrons. The quantitative estimate of drug-likeness (QED) is 0.511. The molecule has 22 heavy (non-hydrogen) atoms. The van der Waals surface area contributed by atoms with Crippen LogP contribution in [0, 0.1) is 10.1 Å². The first-order valence-corrected chi connectivity index (χ1v) is 6.49. The molecular formula is C15H11N3O4. The minimum Gasteiger partial charge on any atom is -0.315 e. The minimum absolute atomic E-state index is 0.120. The first-order valence-electron chi connectivity index (χ1n) is 6.49. The number of nitro groups is 1. The van der Waals surface area contributed by atoms with Crippen molar-refractivity contribution in [2.24, 2.45) is 0 Å². The Labute approximate surface area is 125 Å². The van der Waals surface area contributed by atoms with E-state index in [0.29, 0.717) is 5.56 Å². The number of hydrogen-bond acceptors (Lipinski definition) is 4. The van der Waals surface area contributed by atoms with E-state index in [9.17, 15) is 19.7 Å². The Bertz CT molecular complexity index is 775. The molecule has 0 radical (unpaired) electrons. The van der Waals surface area contributed by atoms with Crippen molar-refractivity contribution in [1.29, 1.82) is 0 Å². The number of benzene rings is 2. The van der Waals surface area contributed by atoms with Gasteiger partial charge in [-0.25, -0.2) is 4.79 Å². The van der Waals surface area contributed by atoms with Crippen molar-refractivity contribution in [3.8, 4) is 0 Å². The second kappa shape index (κ2) is 4.96. The van der Waals surface area contributed by atoms with Crippen LogP contribution in [0.15, 0.2) is 54.6 Å². The molecule has 0 saturated carbocycles. The van der Waals surface area contributed by atoms with E-state index in [1.807, 2.05) is 0 Å². The van der Waals surface area contributed by atoms with E-state index in [1.165, 1.54) is 18.2 Å². The molecule has 7 heteroatoms. The average molecular weight is 297 g/mol. The number of carbonyl (C=O) groups excluding carboxylic acids is 2. The van der Waals surface area contributed by atoms with Gasteiger partial charge in [0, 0.05) is 6.07 Å². The SMILES string of the molecule is O=C1NC(=O)C(c2ccccc2)(c2ccccc2[N+](=O)[O-])N1. The molecule has 1 aliphatic heterocycles. The zero-order chi connectivity index (χ0) is 15.7. The van der Waals surface area contributed by atoms with Crippen molar-refractivity contribution < 1.29 is 14.5 Å². The summed E-state index contributed by atoms with van der Waals surface area (Å²) in [5, 5.41) is 16.0. The second-order valence-corrected chi connectivity index (χ2v) is 4.80. The number of amides is 3. The fraction of sp³-hybridized carbons (Fsp3) is 0.0667. The molecule has 0 aliphatic carbocycles. The summed E-state index contributed by atoms with van der Waals surface area (Å²) in [6, 6.07) is 13.6. The number of imide groups is 1.